The third kappa shape index (κ3) is 9.94. The van der Waals surface area contributed by atoms with E-state index in [0.717, 1.165) is 44.9 Å². The molecule has 2 aliphatic heterocycles. The highest BCUT2D eigenvalue weighted by Gasteiger charge is 2.39. The molecule has 0 bridgehead atoms. The average molecular weight is 544 g/mol. The molecule has 0 radical (unpaired) electrons. The van der Waals surface area contributed by atoms with Crippen molar-refractivity contribution in [2.24, 2.45) is 0 Å². The molecule has 0 amide bonds. The Morgan fingerprint density at radius 2 is 1.61 bits per heavy atom. The Bertz CT molecular complexity index is 938. The highest BCUT2D eigenvalue weighted by atomic mass is 32.1. The lowest BCUT2D eigenvalue weighted by molar-refractivity contribution is -0.193. The predicted octanol–water partition coefficient (Wildman–Crippen LogP) is 3.14. The van der Waals surface area contributed by atoms with Crippen LogP contribution < -0.4 is 4.74 Å². The van der Waals surface area contributed by atoms with Gasteiger partial charge >= 0.3 is 24.3 Å². The first-order valence-electron chi connectivity index (χ1n) is 10.2. The van der Waals surface area contributed by atoms with E-state index in [1.807, 2.05) is 0 Å². The Labute approximate surface area is 204 Å². The Morgan fingerprint density at radius 1 is 1.03 bits per heavy atom. The van der Waals surface area contributed by atoms with Crippen molar-refractivity contribution in [2.45, 2.75) is 37.5 Å². The van der Waals surface area contributed by atoms with Crippen LogP contribution in [0, 0.1) is 0 Å². The number of rotatable bonds is 4. The first-order chi connectivity index (χ1) is 16.8. The molecule has 9 nitrogen and oxygen atoms in total. The molecule has 2 N–H and O–H groups in total. The molecule has 2 aliphatic rings. The smallest absolute Gasteiger partial charge is 0.486 e. The number of carboxylic acid groups (broad SMARTS) is 2. The quantitative estimate of drug-likeness (QED) is 0.560. The van der Waals surface area contributed by atoms with Crippen molar-refractivity contribution in [3.05, 3.63) is 41.1 Å². The monoisotopic (exact) mass is 544 g/mol. The van der Waals surface area contributed by atoms with Crippen molar-refractivity contribution in [3.63, 3.8) is 0 Å². The molecule has 2 fully saturated rings. The number of carboxylic acids is 2. The van der Waals surface area contributed by atoms with Gasteiger partial charge in [0, 0.05) is 45.2 Å². The number of piperazine rings is 1. The zero-order valence-corrected chi connectivity index (χ0v) is 19.3. The molecule has 16 heteroatoms. The van der Waals surface area contributed by atoms with Crippen LogP contribution in [0.15, 0.2) is 35.5 Å². The van der Waals surface area contributed by atoms with Crippen LogP contribution in [0.5, 0.6) is 5.75 Å². The van der Waals surface area contributed by atoms with E-state index in [0.29, 0.717) is 6.04 Å². The number of thiophene rings is 1. The van der Waals surface area contributed by atoms with Crippen molar-refractivity contribution < 1.29 is 50.9 Å². The molecule has 0 saturated carbocycles. The van der Waals surface area contributed by atoms with Crippen LogP contribution in [0.1, 0.15) is 12.0 Å². The number of aliphatic carboxylic acids is 2. The van der Waals surface area contributed by atoms with Gasteiger partial charge in [-0.05, 0) is 22.4 Å². The molecule has 200 valence electrons. The largest absolute Gasteiger partial charge is 0.490 e. The summed E-state index contributed by atoms with van der Waals surface area (Å²) in [5, 5.41) is 18.7. The fourth-order valence-electron chi connectivity index (χ4n) is 3.47. The van der Waals surface area contributed by atoms with Crippen molar-refractivity contribution >= 4 is 23.3 Å². The van der Waals surface area contributed by atoms with Gasteiger partial charge in [0.05, 0.1) is 12.4 Å². The molecule has 2 aromatic heterocycles. The minimum atomic E-state index is -5.08. The third-order valence-electron chi connectivity index (χ3n) is 4.97. The van der Waals surface area contributed by atoms with E-state index >= 15 is 0 Å². The SMILES string of the molecule is O=C(O)C(F)(F)F.O=C(O)C(F)(F)F.c1ncc(OC2CC3CN(Cc4ccsc4)CCN3C2)cn1. The van der Waals surface area contributed by atoms with Crippen LogP contribution in [-0.4, -0.2) is 92.6 Å². The molecule has 36 heavy (non-hydrogen) atoms. The summed E-state index contributed by atoms with van der Waals surface area (Å²) in [7, 11) is 0. The zero-order chi connectivity index (χ0) is 26.9. The number of carbonyl (C=O) groups is 2. The molecule has 2 saturated heterocycles. The van der Waals surface area contributed by atoms with Crippen LogP contribution in [0.25, 0.3) is 0 Å². The molecule has 2 atom stereocenters. The fourth-order valence-corrected chi connectivity index (χ4v) is 4.13. The van der Waals surface area contributed by atoms with Gasteiger partial charge in [-0.3, -0.25) is 9.80 Å². The minimum absolute atomic E-state index is 0.261. The second-order valence-corrected chi connectivity index (χ2v) is 8.45. The lowest BCUT2D eigenvalue weighted by Crippen LogP contribution is -2.49. The number of ether oxygens (including phenoxy) is 1. The minimum Gasteiger partial charge on any atom is -0.486 e. The molecule has 0 spiro atoms. The Hall–Kier alpha value is -2.98. The van der Waals surface area contributed by atoms with Gasteiger partial charge in [0.15, 0.2) is 5.75 Å². The molecule has 2 aromatic rings. The summed E-state index contributed by atoms with van der Waals surface area (Å²) < 4.78 is 69.5. The number of hydrogen-bond acceptors (Lipinski definition) is 8. The summed E-state index contributed by atoms with van der Waals surface area (Å²) in [6.45, 7) is 5.52. The molecule has 4 heterocycles. The summed E-state index contributed by atoms with van der Waals surface area (Å²) >= 11 is 1.78. The number of aromatic nitrogens is 2. The summed E-state index contributed by atoms with van der Waals surface area (Å²) in [5.41, 5.74) is 1.44. The van der Waals surface area contributed by atoms with E-state index in [2.05, 4.69) is 36.6 Å². The van der Waals surface area contributed by atoms with Gasteiger partial charge in [0.25, 0.3) is 0 Å². The van der Waals surface area contributed by atoms with E-state index in [-0.39, 0.29) is 6.10 Å². The Morgan fingerprint density at radius 3 is 2.11 bits per heavy atom. The third-order valence-corrected chi connectivity index (χ3v) is 5.70. The van der Waals surface area contributed by atoms with Crippen molar-refractivity contribution in [1.29, 1.82) is 0 Å². The van der Waals surface area contributed by atoms with Gasteiger partial charge in [-0.2, -0.15) is 37.7 Å². The highest BCUT2D eigenvalue weighted by molar-refractivity contribution is 7.07. The van der Waals surface area contributed by atoms with Crippen molar-refractivity contribution in [3.8, 4) is 5.75 Å². The van der Waals surface area contributed by atoms with Gasteiger partial charge in [-0.15, -0.1) is 0 Å². The van der Waals surface area contributed by atoms with E-state index < -0.39 is 24.3 Å². The second-order valence-electron chi connectivity index (χ2n) is 7.67. The Balaban J connectivity index is 0.000000271. The standard InChI is InChI=1S/C16H20N4OS.2C2HF3O2/c1-4-22-11-13(1)8-19-2-3-20-10-15(5-14(20)9-19)21-16-6-17-12-18-7-16;2*3-2(4,5)1(6)7/h1,4,6-7,11-12,14-15H,2-3,5,8-10H2;2*(H,6,7). The second kappa shape index (κ2) is 12.8. The first-order valence-corrected chi connectivity index (χ1v) is 11.2. The van der Waals surface area contributed by atoms with Gasteiger partial charge < -0.3 is 14.9 Å². The van der Waals surface area contributed by atoms with Crippen LogP contribution in [0.3, 0.4) is 0 Å². The predicted molar refractivity (Wildman–Crippen MR) is 113 cm³/mol. The van der Waals surface area contributed by atoms with Gasteiger partial charge in [0.2, 0.25) is 0 Å². The molecule has 0 aromatic carbocycles. The molecular formula is C20H22F6N4O5S. The van der Waals surface area contributed by atoms with Crippen LogP contribution >= 0.6 is 11.3 Å². The lowest BCUT2D eigenvalue weighted by atomic mass is 10.1. The van der Waals surface area contributed by atoms with Crippen molar-refractivity contribution in [2.75, 3.05) is 26.2 Å². The summed E-state index contributed by atoms with van der Waals surface area (Å²) in [6, 6.07) is 2.84. The fraction of sp³-hybridized carbons (Fsp3) is 0.500. The summed E-state index contributed by atoms with van der Waals surface area (Å²) in [6.07, 6.45) is -3.79. The van der Waals surface area contributed by atoms with Gasteiger partial charge in [0.1, 0.15) is 12.4 Å². The van der Waals surface area contributed by atoms with E-state index in [9.17, 15) is 26.3 Å². The van der Waals surface area contributed by atoms with Gasteiger partial charge in [-0.1, -0.05) is 0 Å². The zero-order valence-electron chi connectivity index (χ0n) is 18.4. The topological polar surface area (TPSA) is 116 Å². The number of halogens is 6. The maximum Gasteiger partial charge on any atom is 0.490 e. The van der Waals surface area contributed by atoms with Crippen LogP contribution in [-0.2, 0) is 16.1 Å². The maximum atomic E-state index is 10.6. The molecule has 4 rings (SSSR count). The summed E-state index contributed by atoms with van der Waals surface area (Å²) in [5.74, 6) is -4.73. The van der Waals surface area contributed by atoms with E-state index in [1.54, 1.807) is 23.7 Å². The first kappa shape index (κ1) is 29.3. The molecular weight excluding hydrogens is 522 g/mol. The van der Waals surface area contributed by atoms with Crippen molar-refractivity contribution in [1.82, 2.24) is 19.8 Å². The van der Waals surface area contributed by atoms with Gasteiger partial charge in [-0.25, -0.2) is 19.6 Å². The lowest BCUT2D eigenvalue weighted by Gasteiger charge is -2.37. The normalized spacial score (nSPS) is 20.3. The summed E-state index contributed by atoms with van der Waals surface area (Å²) in [4.78, 5) is 31.0. The van der Waals surface area contributed by atoms with E-state index in [4.69, 9.17) is 24.5 Å². The molecule has 2 unspecified atom stereocenters. The number of nitrogens with zero attached hydrogens (tertiary/aromatic N) is 4. The Kier molecular flexibility index (Phi) is 10.4. The van der Waals surface area contributed by atoms with E-state index in [1.165, 1.54) is 11.9 Å². The average Bonchev–Trinajstić information content (AvgIpc) is 3.43. The molecule has 0 aliphatic carbocycles. The van der Waals surface area contributed by atoms with Crippen LogP contribution in [0.2, 0.25) is 0 Å². The van der Waals surface area contributed by atoms with Crippen LogP contribution in [0.4, 0.5) is 26.3 Å². The number of alkyl halides is 6. The maximum absolute atomic E-state index is 10.6. The number of hydrogen-bond donors (Lipinski definition) is 2. The highest BCUT2D eigenvalue weighted by Crippen LogP contribution is 2.26. The number of fused-ring (bicyclic) bond motifs is 1.